The van der Waals surface area contributed by atoms with Gasteiger partial charge in [-0.2, -0.15) is 5.10 Å². The van der Waals surface area contributed by atoms with Gasteiger partial charge in [0.1, 0.15) is 6.17 Å². The Morgan fingerprint density at radius 1 is 1.04 bits per heavy atom. The first kappa shape index (κ1) is 13.6. The minimum atomic E-state index is -0.177. The maximum Gasteiger partial charge on any atom is 0.257 e. The zero-order valence-corrected chi connectivity index (χ0v) is 12.7. The van der Waals surface area contributed by atoms with Crippen LogP contribution in [-0.4, -0.2) is 27.6 Å². The minimum Gasteiger partial charge on any atom is -0.361 e. The van der Waals surface area contributed by atoms with E-state index in [1.165, 1.54) is 0 Å². The molecular formula is C18H16N4O. The maximum absolute atomic E-state index is 12.5. The maximum atomic E-state index is 12.5. The number of carbonyl (C=O) groups is 1. The Balaban J connectivity index is 1.67. The van der Waals surface area contributed by atoms with Gasteiger partial charge in [-0.05, 0) is 35.9 Å². The number of aromatic nitrogens is 2. The van der Waals surface area contributed by atoms with Crippen molar-refractivity contribution in [2.45, 2.75) is 6.17 Å². The molecule has 5 nitrogen and oxygen atoms in total. The molecule has 1 atom stereocenters. The van der Waals surface area contributed by atoms with Crippen molar-refractivity contribution < 1.29 is 4.79 Å². The van der Waals surface area contributed by atoms with Crippen molar-refractivity contribution in [1.82, 2.24) is 14.7 Å². The monoisotopic (exact) mass is 304 g/mol. The Kier molecular flexibility index (Phi) is 3.12. The molecule has 1 aliphatic rings. The fourth-order valence-corrected chi connectivity index (χ4v) is 2.88. The molecule has 3 aromatic rings. The van der Waals surface area contributed by atoms with E-state index in [9.17, 15) is 4.79 Å². The zero-order chi connectivity index (χ0) is 15.8. The van der Waals surface area contributed by atoms with Gasteiger partial charge in [0.2, 0.25) is 0 Å². The number of carbonyl (C=O) groups excluding carboxylic acids is 1. The number of nitrogens with zero attached hydrogens (tertiary/aromatic N) is 3. The van der Waals surface area contributed by atoms with Crippen molar-refractivity contribution in [2.24, 2.45) is 0 Å². The second-order valence-electron chi connectivity index (χ2n) is 5.55. The third kappa shape index (κ3) is 2.26. The van der Waals surface area contributed by atoms with Crippen LogP contribution in [0.25, 0.3) is 5.69 Å². The predicted octanol–water partition coefficient (Wildman–Crippen LogP) is 3.07. The Morgan fingerprint density at radius 3 is 2.57 bits per heavy atom. The molecule has 4 rings (SSSR count). The number of amides is 1. The molecule has 0 aliphatic carbocycles. The second-order valence-corrected chi connectivity index (χ2v) is 5.55. The fraction of sp³-hybridized carbons (Fsp3) is 0.111. The quantitative estimate of drug-likeness (QED) is 0.791. The summed E-state index contributed by atoms with van der Waals surface area (Å²) in [5.41, 5.74) is 3.60. The highest BCUT2D eigenvalue weighted by Gasteiger charge is 2.29. The van der Waals surface area contributed by atoms with Gasteiger partial charge in [0, 0.05) is 25.1 Å². The highest BCUT2D eigenvalue weighted by Crippen LogP contribution is 2.31. The summed E-state index contributed by atoms with van der Waals surface area (Å²) in [5, 5.41) is 7.65. The fourth-order valence-electron chi connectivity index (χ4n) is 2.88. The Bertz CT molecular complexity index is 840. The summed E-state index contributed by atoms with van der Waals surface area (Å²) in [5.74, 6) is 0.0282. The van der Waals surface area contributed by atoms with Gasteiger partial charge in [-0.25, -0.2) is 4.68 Å². The van der Waals surface area contributed by atoms with Crippen LogP contribution in [-0.2, 0) is 0 Å². The molecule has 1 aromatic heterocycles. The summed E-state index contributed by atoms with van der Waals surface area (Å²) in [7, 11) is 1.82. The molecule has 1 unspecified atom stereocenters. The molecule has 1 aliphatic heterocycles. The lowest BCUT2D eigenvalue weighted by atomic mass is 10.0. The molecule has 5 heteroatoms. The molecule has 1 N–H and O–H groups in total. The van der Waals surface area contributed by atoms with Crippen molar-refractivity contribution in [3.05, 3.63) is 78.1 Å². The standard InChI is InChI=1S/C18H16N4O/c1-21-17(20-16-6-3-2-5-15(16)18(21)23)13-7-9-14(10-8-13)22-12-4-11-19-22/h2-12,17,20H,1H3. The van der Waals surface area contributed by atoms with Gasteiger partial charge in [0.05, 0.1) is 11.3 Å². The molecule has 2 aromatic carbocycles. The highest BCUT2D eigenvalue weighted by molar-refractivity contribution is 6.01. The van der Waals surface area contributed by atoms with Crippen molar-refractivity contribution in [2.75, 3.05) is 12.4 Å². The number of para-hydroxylation sites is 1. The van der Waals surface area contributed by atoms with E-state index in [0.717, 1.165) is 16.9 Å². The summed E-state index contributed by atoms with van der Waals surface area (Å²) in [4.78, 5) is 14.3. The largest absolute Gasteiger partial charge is 0.361 e. The minimum absolute atomic E-state index is 0.0282. The van der Waals surface area contributed by atoms with E-state index in [1.54, 1.807) is 11.1 Å². The second kappa shape index (κ2) is 5.28. The molecule has 23 heavy (non-hydrogen) atoms. The highest BCUT2D eigenvalue weighted by atomic mass is 16.2. The number of nitrogens with one attached hydrogen (secondary N) is 1. The molecule has 0 radical (unpaired) electrons. The van der Waals surface area contributed by atoms with Crippen LogP contribution >= 0.6 is 0 Å². The number of hydrogen-bond donors (Lipinski definition) is 1. The molecule has 2 heterocycles. The van der Waals surface area contributed by atoms with E-state index in [4.69, 9.17) is 0 Å². The number of hydrogen-bond acceptors (Lipinski definition) is 3. The molecule has 0 saturated heterocycles. The molecule has 1 amide bonds. The van der Waals surface area contributed by atoms with Gasteiger partial charge in [0.25, 0.3) is 5.91 Å². The van der Waals surface area contributed by atoms with E-state index in [0.29, 0.717) is 5.56 Å². The summed E-state index contributed by atoms with van der Waals surface area (Å²) < 4.78 is 1.81. The Labute approximate surface area is 134 Å². The van der Waals surface area contributed by atoms with Crippen LogP contribution in [0.4, 0.5) is 5.69 Å². The zero-order valence-electron chi connectivity index (χ0n) is 12.7. The third-order valence-corrected chi connectivity index (χ3v) is 4.14. The molecule has 0 spiro atoms. The van der Waals surface area contributed by atoms with Crippen LogP contribution in [0.5, 0.6) is 0 Å². The van der Waals surface area contributed by atoms with Crippen LogP contribution in [0, 0.1) is 0 Å². The summed E-state index contributed by atoms with van der Waals surface area (Å²) in [6.07, 6.45) is 3.48. The van der Waals surface area contributed by atoms with Gasteiger partial charge in [-0.3, -0.25) is 4.79 Å². The van der Waals surface area contributed by atoms with Crippen LogP contribution in [0.1, 0.15) is 22.1 Å². The first-order valence-corrected chi connectivity index (χ1v) is 7.47. The van der Waals surface area contributed by atoms with Crippen LogP contribution < -0.4 is 5.32 Å². The van der Waals surface area contributed by atoms with Crippen molar-refractivity contribution in [1.29, 1.82) is 0 Å². The molecule has 0 fully saturated rings. The smallest absolute Gasteiger partial charge is 0.257 e. The van der Waals surface area contributed by atoms with Crippen LogP contribution in [0.3, 0.4) is 0 Å². The van der Waals surface area contributed by atoms with E-state index in [1.807, 2.05) is 72.5 Å². The van der Waals surface area contributed by atoms with E-state index in [-0.39, 0.29) is 12.1 Å². The SMILES string of the molecule is CN1C(=O)c2ccccc2NC1c1ccc(-n2cccn2)cc1. The van der Waals surface area contributed by atoms with E-state index >= 15 is 0 Å². The van der Waals surface area contributed by atoms with Gasteiger partial charge in [-0.15, -0.1) is 0 Å². The summed E-state index contributed by atoms with van der Waals surface area (Å²) >= 11 is 0. The summed E-state index contributed by atoms with van der Waals surface area (Å²) in [6, 6.07) is 17.5. The topological polar surface area (TPSA) is 50.2 Å². The average molecular weight is 304 g/mol. The number of rotatable bonds is 2. The van der Waals surface area contributed by atoms with E-state index in [2.05, 4.69) is 10.4 Å². The molecular weight excluding hydrogens is 288 g/mol. The predicted molar refractivity (Wildman–Crippen MR) is 88.5 cm³/mol. The first-order chi connectivity index (χ1) is 11.2. The third-order valence-electron chi connectivity index (χ3n) is 4.14. The van der Waals surface area contributed by atoms with E-state index < -0.39 is 0 Å². The van der Waals surface area contributed by atoms with Crippen LogP contribution in [0.2, 0.25) is 0 Å². The number of anilines is 1. The molecule has 114 valence electrons. The van der Waals surface area contributed by atoms with Crippen molar-refractivity contribution in [3.8, 4) is 5.69 Å². The number of benzene rings is 2. The Hall–Kier alpha value is -3.08. The lowest BCUT2D eigenvalue weighted by Gasteiger charge is -2.35. The van der Waals surface area contributed by atoms with Gasteiger partial charge in [-0.1, -0.05) is 24.3 Å². The summed E-state index contributed by atoms with van der Waals surface area (Å²) in [6.45, 7) is 0. The Morgan fingerprint density at radius 2 is 1.83 bits per heavy atom. The van der Waals surface area contributed by atoms with Gasteiger partial charge >= 0.3 is 0 Å². The first-order valence-electron chi connectivity index (χ1n) is 7.47. The normalized spacial score (nSPS) is 16.8. The number of fused-ring (bicyclic) bond motifs is 1. The van der Waals surface area contributed by atoms with Crippen molar-refractivity contribution in [3.63, 3.8) is 0 Å². The van der Waals surface area contributed by atoms with Crippen molar-refractivity contribution >= 4 is 11.6 Å². The molecule has 0 bridgehead atoms. The average Bonchev–Trinajstić information content (AvgIpc) is 3.13. The lowest BCUT2D eigenvalue weighted by Crippen LogP contribution is -2.40. The van der Waals surface area contributed by atoms with Gasteiger partial charge < -0.3 is 10.2 Å². The lowest BCUT2D eigenvalue weighted by molar-refractivity contribution is 0.0735. The molecule has 0 saturated carbocycles. The van der Waals surface area contributed by atoms with Gasteiger partial charge in [0.15, 0.2) is 0 Å². The van der Waals surface area contributed by atoms with Crippen LogP contribution in [0.15, 0.2) is 67.0 Å².